The van der Waals surface area contributed by atoms with Crippen LogP contribution in [0.1, 0.15) is 39.0 Å². The van der Waals surface area contributed by atoms with Crippen LogP contribution in [0.3, 0.4) is 0 Å². The third kappa shape index (κ3) is 5.53. The average Bonchev–Trinajstić information content (AvgIpc) is 2.09. The summed E-state index contributed by atoms with van der Waals surface area (Å²) >= 11 is 0. The number of unbranched alkanes of at least 4 members (excludes halogenated alkanes) is 3. The molecule has 0 aliphatic rings. The zero-order chi connectivity index (χ0) is 11.2. The fourth-order valence-corrected chi connectivity index (χ4v) is 2.16. The van der Waals surface area contributed by atoms with Crippen LogP contribution < -0.4 is 0 Å². The van der Waals surface area contributed by atoms with Crippen molar-refractivity contribution in [1.82, 2.24) is 0 Å². The van der Waals surface area contributed by atoms with Crippen molar-refractivity contribution in [3.63, 3.8) is 0 Å². The molecule has 0 aromatic heterocycles. The van der Waals surface area contributed by atoms with Crippen molar-refractivity contribution in [3.05, 3.63) is 11.3 Å². The van der Waals surface area contributed by atoms with Gasteiger partial charge in [0, 0.05) is 6.42 Å². The van der Waals surface area contributed by atoms with E-state index in [1.165, 1.54) is 0 Å². The van der Waals surface area contributed by atoms with Gasteiger partial charge in [-0.15, -0.1) is 0 Å². The van der Waals surface area contributed by atoms with E-state index in [1.54, 1.807) is 0 Å². The molecule has 0 amide bonds. The molecule has 0 bridgehead atoms. The minimum absolute atomic E-state index is 0.288. The van der Waals surface area contributed by atoms with Crippen LogP contribution in [0.2, 0.25) is 19.6 Å². The second kappa shape index (κ2) is 6.33. The summed E-state index contributed by atoms with van der Waals surface area (Å²) in [4.78, 5) is 0. The van der Waals surface area contributed by atoms with E-state index < -0.39 is 19.4 Å². The van der Waals surface area contributed by atoms with Crippen molar-refractivity contribution in [2.24, 2.45) is 0 Å². The highest BCUT2D eigenvalue weighted by molar-refractivity contribution is 6.82. The Balaban J connectivity index is 3.99. The number of halogens is 2. The molecule has 0 nitrogen and oxygen atoms in total. The second-order valence-electron chi connectivity index (χ2n) is 4.78. The first kappa shape index (κ1) is 13.8. The summed E-state index contributed by atoms with van der Waals surface area (Å²) in [6, 6.07) is 0. The molecule has 0 aliphatic carbocycles. The van der Waals surface area contributed by atoms with Crippen LogP contribution in [0.25, 0.3) is 0 Å². The molecule has 0 N–H and O–H groups in total. The van der Waals surface area contributed by atoms with Gasteiger partial charge in [-0.25, -0.2) is 8.78 Å². The molecule has 14 heavy (non-hydrogen) atoms. The molecule has 3 heteroatoms. The van der Waals surface area contributed by atoms with Gasteiger partial charge in [-0.2, -0.15) is 0 Å². The van der Waals surface area contributed by atoms with E-state index in [2.05, 4.69) is 6.92 Å². The standard InChI is InChI=1S/C11H22F2Si/c1-5-6-7-8-9-10(12)11(13)14(2,3)4/h5-9H2,1-4H3/b11-10-. The minimum Gasteiger partial charge on any atom is -0.215 e. The normalized spacial score (nSPS) is 14.1. The predicted octanol–water partition coefficient (Wildman–Crippen LogP) is 4.98. The lowest BCUT2D eigenvalue weighted by molar-refractivity contribution is 0.510. The van der Waals surface area contributed by atoms with Crippen LogP contribution in [0.5, 0.6) is 0 Å². The van der Waals surface area contributed by atoms with Crippen LogP contribution in [-0.2, 0) is 0 Å². The summed E-state index contributed by atoms with van der Waals surface area (Å²) in [7, 11) is -2.05. The number of allylic oxidation sites excluding steroid dienone is 1. The highest BCUT2D eigenvalue weighted by Crippen LogP contribution is 2.24. The van der Waals surface area contributed by atoms with Crippen molar-refractivity contribution in [2.45, 2.75) is 58.7 Å². The maximum Gasteiger partial charge on any atom is 0.126 e. The van der Waals surface area contributed by atoms with Crippen LogP contribution in [0.15, 0.2) is 11.3 Å². The quantitative estimate of drug-likeness (QED) is 0.437. The summed E-state index contributed by atoms with van der Waals surface area (Å²) in [6.45, 7) is 7.59. The summed E-state index contributed by atoms with van der Waals surface area (Å²) < 4.78 is 26.6. The Hall–Kier alpha value is -0.183. The molecule has 0 aromatic rings. The average molecular weight is 220 g/mol. The third-order valence-corrected chi connectivity index (χ3v) is 3.73. The van der Waals surface area contributed by atoms with Crippen molar-refractivity contribution < 1.29 is 8.78 Å². The van der Waals surface area contributed by atoms with Crippen molar-refractivity contribution in [2.75, 3.05) is 0 Å². The van der Waals surface area contributed by atoms with Gasteiger partial charge in [0.05, 0.1) is 0 Å². The van der Waals surface area contributed by atoms with Gasteiger partial charge in [0.25, 0.3) is 0 Å². The lowest BCUT2D eigenvalue weighted by Crippen LogP contribution is -2.22. The molecule has 0 fully saturated rings. The smallest absolute Gasteiger partial charge is 0.126 e. The van der Waals surface area contributed by atoms with Gasteiger partial charge in [0.1, 0.15) is 19.4 Å². The molecule has 84 valence electrons. The lowest BCUT2D eigenvalue weighted by atomic mass is 10.1. The van der Waals surface area contributed by atoms with Crippen molar-refractivity contribution in [3.8, 4) is 0 Å². The van der Waals surface area contributed by atoms with E-state index in [4.69, 9.17) is 0 Å². The van der Waals surface area contributed by atoms with Crippen molar-refractivity contribution >= 4 is 8.07 Å². The Morgan fingerprint density at radius 2 is 1.57 bits per heavy atom. The fraction of sp³-hybridized carbons (Fsp3) is 0.818. The van der Waals surface area contributed by atoms with Crippen molar-refractivity contribution in [1.29, 1.82) is 0 Å². The molecule has 0 radical (unpaired) electrons. The van der Waals surface area contributed by atoms with Crippen LogP contribution in [-0.4, -0.2) is 8.07 Å². The zero-order valence-electron chi connectivity index (χ0n) is 9.79. The first-order valence-electron chi connectivity index (χ1n) is 5.44. The molecule has 0 rings (SSSR count). The summed E-state index contributed by atoms with van der Waals surface area (Å²) in [5, 5.41) is 0. The summed E-state index contributed by atoms with van der Waals surface area (Å²) in [5.74, 6) is -0.500. The van der Waals surface area contributed by atoms with Gasteiger partial charge >= 0.3 is 0 Å². The third-order valence-electron chi connectivity index (χ3n) is 2.15. The molecule has 0 heterocycles. The van der Waals surface area contributed by atoms with E-state index in [1.807, 2.05) is 19.6 Å². The molecule has 0 saturated carbocycles. The van der Waals surface area contributed by atoms with E-state index in [9.17, 15) is 8.78 Å². The Labute approximate surface area is 87.4 Å². The summed E-state index contributed by atoms with van der Waals surface area (Å²) in [6.07, 6.45) is 4.31. The molecule has 0 atom stereocenters. The maximum atomic E-state index is 13.4. The molecule has 0 aliphatic heterocycles. The number of hydrogen-bond acceptors (Lipinski definition) is 0. The van der Waals surface area contributed by atoms with E-state index in [0.29, 0.717) is 0 Å². The second-order valence-corrected chi connectivity index (χ2v) is 9.72. The molecular formula is C11H22F2Si. The number of rotatable bonds is 6. The first-order valence-corrected chi connectivity index (χ1v) is 8.94. The Morgan fingerprint density at radius 1 is 1.00 bits per heavy atom. The van der Waals surface area contributed by atoms with Gasteiger partial charge in [-0.1, -0.05) is 45.8 Å². The SMILES string of the molecule is CCCCCC/C(F)=C(\F)[Si](C)(C)C. The van der Waals surface area contributed by atoms with Crippen LogP contribution in [0.4, 0.5) is 8.78 Å². The van der Waals surface area contributed by atoms with Gasteiger partial charge in [-0.05, 0) is 6.42 Å². The Morgan fingerprint density at radius 3 is 2.00 bits per heavy atom. The first-order chi connectivity index (χ1) is 6.39. The zero-order valence-corrected chi connectivity index (χ0v) is 10.8. The van der Waals surface area contributed by atoms with Crippen LogP contribution in [0, 0.1) is 0 Å². The van der Waals surface area contributed by atoms with E-state index in [0.717, 1.165) is 25.7 Å². The molecule has 0 unspecified atom stereocenters. The number of hydrogen-bond donors (Lipinski definition) is 0. The fourth-order valence-electron chi connectivity index (χ4n) is 1.22. The van der Waals surface area contributed by atoms with Gasteiger partial charge in [-0.3, -0.25) is 0 Å². The monoisotopic (exact) mass is 220 g/mol. The van der Waals surface area contributed by atoms with Gasteiger partial charge < -0.3 is 0 Å². The molecule has 0 aromatic carbocycles. The Kier molecular flexibility index (Phi) is 6.25. The van der Waals surface area contributed by atoms with E-state index in [-0.39, 0.29) is 6.42 Å². The molecule has 0 saturated heterocycles. The van der Waals surface area contributed by atoms with Gasteiger partial charge in [0.2, 0.25) is 0 Å². The topological polar surface area (TPSA) is 0 Å². The predicted molar refractivity (Wildman–Crippen MR) is 61.3 cm³/mol. The summed E-state index contributed by atoms with van der Waals surface area (Å²) in [5.41, 5.74) is -0.450. The maximum absolute atomic E-state index is 13.4. The highest BCUT2D eigenvalue weighted by atomic mass is 28.3. The molecule has 0 spiro atoms. The largest absolute Gasteiger partial charge is 0.215 e. The molecular weight excluding hydrogens is 198 g/mol. The minimum atomic E-state index is -2.05. The lowest BCUT2D eigenvalue weighted by Gasteiger charge is -2.13. The van der Waals surface area contributed by atoms with E-state index >= 15 is 0 Å². The van der Waals surface area contributed by atoms with Crippen LogP contribution >= 0.6 is 0 Å². The highest BCUT2D eigenvalue weighted by Gasteiger charge is 2.23. The Bertz CT molecular complexity index is 192. The van der Waals surface area contributed by atoms with Gasteiger partial charge in [0.15, 0.2) is 0 Å².